The molecule has 0 aliphatic heterocycles. The van der Waals surface area contributed by atoms with E-state index in [0.29, 0.717) is 12.8 Å². The van der Waals surface area contributed by atoms with Gasteiger partial charge in [-0.05, 0) is 31.2 Å². The summed E-state index contributed by atoms with van der Waals surface area (Å²) < 4.78 is 0. The molecule has 20 heavy (non-hydrogen) atoms. The van der Waals surface area contributed by atoms with Crippen molar-refractivity contribution >= 4 is 11.9 Å². The van der Waals surface area contributed by atoms with E-state index < -0.39 is 17.4 Å². The van der Waals surface area contributed by atoms with Gasteiger partial charge in [0.15, 0.2) is 0 Å². The van der Waals surface area contributed by atoms with Gasteiger partial charge in [-0.3, -0.25) is 4.79 Å². The van der Waals surface area contributed by atoms with E-state index in [1.165, 1.54) is 0 Å². The Labute approximate surface area is 118 Å². The highest BCUT2D eigenvalue weighted by atomic mass is 16.4. The quantitative estimate of drug-likeness (QED) is 0.690. The Kier molecular flexibility index (Phi) is 4.39. The smallest absolute Gasteiger partial charge is 0.326 e. The molecule has 0 bridgehead atoms. The lowest BCUT2D eigenvalue weighted by atomic mass is 10.0. The van der Waals surface area contributed by atoms with Gasteiger partial charge in [0.2, 0.25) is 5.91 Å². The fraction of sp³-hybridized carbons (Fsp3) is 0.467. The van der Waals surface area contributed by atoms with Crippen LogP contribution in [0.4, 0.5) is 0 Å². The summed E-state index contributed by atoms with van der Waals surface area (Å²) >= 11 is 0. The standard InChI is InChI=1S/C15H20N2O3/c16-10-15(8-9-15)14(20)17-12(13(18)19)7-6-11-4-2-1-3-5-11/h1-5,12H,6-10,16H2,(H,17,20)(H,18,19). The van der Waals surface area contributed by atoms with Crippen LogP contribution in [0.15, 0.2) is 30.3 Å². The molecule has 5 heteroatoms. The van der Waals surface area contributed by atoms with E-state index in [1.807, 2.05) is 30.3 Å². The Morgan fingerprint density at radius 2 is 1.95 bits per heavy atom. The van der Waals surface area contributed by atoms with Gasteiger partial charge < -0.3 is 16.2 Å². The second-order valence-corrected chi connectivity index (χ2v) is 5.37. The second kappa shape index (κ2) is 6.05. The van der Waals surface area contributed by atoms with Crippen molar-refractivity contribution in [3.63, 3.8) is 0 Å². The van der Waals surface area contributed by atoms with Crippen molar-refractivity contribution < 1.29 is 14.7 Å². The minimum absolute atomic E-state index is 0.222. The number of benzene rings is 1. The van der Waals surface area contributed by atoms with Crippen LogP contribution >= 0.6 is 0 Å². The molecule has 4 N–H and O–H groups in total. The van der Waals surface area contributed by atoms with E-state index in [9.17, 15) is 14.7 Å². The first-order chi connectivity index (χ1) is 9.57. The topological polar surface area (TPSA) is 92.4 Å². The highest BCUT2D eigenvalue weighted by Gasteiger charge is 2.49. The summed E-state index contributed by atoms with van der Waals surface area (Å²) in [6, 6.07) is 8.78. The van der Waals surface area contributed by atoms with E-state index >= 15 is 0 Å². The van der Waals surface area contributed by atoms with E-state index in [0.717, 1.165) is 18.4 Å². The van der Waals surface area contributed by atoms with Crippen LogP contribution in [-0.2, 0) is 16.0 Å². The maximum atomic E-state index is 12.0. The first-order valence-corrected chi connectivity index (χ1v) is 6.85. The molecule has 1 aromatic carbocycles. The fourth-order valence-corrected chi connectivity index (χ4v) is 2.20. The molecule has 1 saturated carbocycles. The number of carbonyl (C=O) groups is 2. The van der Waals surface area contributed by atoms with Crippen molar-refractivity contribution in [1.82, 2.24) is 5.32 Å². The normalized spacial score (nSPS) is 17.2. The molecule has 1 aliphatic rings. The molecular weight excluding hydrogens is 256 g/mol. The summed E-state index contributed by atoms with van der Waals surface area (Å²) in [7, 11) is 0. The summed E-state index contributed by atoms with van der Waals surface area (Å²) in [5.74, 6) is -1.22. The summed E-state index contributed by atoms with van der Waals surface area (Å²) in [5, 5.41) is 11.8. The Bertz CT molecular complexity index is 483. The molecule has 0 saturated heterocycles. The SMILES string of the molecule is NCC1(C(=O)NC(CCc2ccccc2)C(=O)O)CC1. The van der Waals surface area contributed by atoms with Crippen molar-refractivity contribution in [2.45, 2.75) is 31.7 Å². The van der Waals surface area contributed by atoms with Crippen LogP contribution in [0.5, 0.6) is 0 Å². The lowest BCUT2D eigenvalue weighted by Crippen LogP contribution is -2.46. The zero-order valence-corrected chi connectivity index (χ0v) is 11.3. The largest absolute Gasteiger partial charge is 0.480 e. The van der Waals surface area contributed by atoms with Gasteiger partial charge in [0.05, 0.1) is 5.41 Å². The number of amides is 1. The number of nitrogens with two attached hydrogens (primary N) is 1. The molecule has 2 rings (SSSR count). The van der Waals surface area contributed by atoms with E-state index in [-0.39, 0.29) is 12.5 Å². The number of carbonyl (C=O) groups excluding carboxylic acids is 1. The van der Waals surface area contributed by atoms with Crippen LogP contribution in [0, 0.1) is 5.41 Å². The van der Waals surface area contributed by atoms with Crippen molar-refractivity contribution in [3.05, 3.63) is 35.9 Å². The maximum absolute atomic E-state index is 12.0. The molecule has 1 atom stereocenters. The maximum Gasteiger partial charge on any atom is 0.326 e. The van der Waals surface area contributed by atoms with Gasteiger partial charge in [-0.2, -0.15) is 0 Å². The molecule has 0 spiro atoms. The van der Waals surface area contributed by atoms with E-state index in [4.69, 9.17) is 5.73 Å². The molecule has 1 aromatic rings. The first kappa shape index (κ1) is 14.5. The first-order valence-electron chi connectivity index (χ1n) is 6.85. The molecular formula is C15H20N2O3. The highest BCUT2D eigenvalue weighted by molar-refractivity contribution is 5.89. The van der Waals surface area contributed by atoms with Crippen LogP contribution in [0.25, 0.3) is 0 Å². The minimum Gasteiger partial charge on any atom is -0.480 e. The Balaban J connectivity index is 1.91. The molecule has 0 aromatic heterocycles. The van der Waals surface area contributed by atoms with Gasteiger partial charge in [0, 0.05) is 6.54 Å². The monoisotopic (exact) mass is 276 g/mol. The third kappa shape index (κ3) is 3.36. The van der Waals surface area contributed by atoms with Crippen molar-refractivity contribution in [2.75, 3.05) is 6.54 Å². The summed E-state index contributed by atoms with van der Waals surface area (Å²) in [4.78, 5) is 23.3. The number of rotatable bonds is 7. The van der Waals surface area contributed by atoms with Gasteiger partial charge in [0.25, 0.3) is 0 Å². The van der Waals surface area contributed by atoms with Crippen LogP contribution in [0.3, 0.4) is 0 Å². The van der Waals surface area contributed by atoms with Gasteiger partial charge in [-0.25, -0.2) is 4.79 Å². The van der Waals surface area contributed by atoms with Crippen LogP contribution in [-0.4, -0.2) is 29.6 Å². The van der Waals surface area contributed by atoms with Gasteiger partial charge in [-0.15, -0.1) is 0 Å². The Morgan fingerprint density at radius 1 is 1.30 bits per heavy atom. The summed E-state index contributed by atoms with van der Waals surface area (Å²) in [6.07, 6.45) is 2.50. The fourth-order valence-electron chi connectivity index (χ4n) is 2.20. The van der Waals surface area contributed by atoms with Gasteiger partial charge in [-0.1, -0.05) is 30.3 Å². The van der Waals surface area contributed by atoms with Crippen molar-refractivity contribution in [2.24, 2.45) is 11.1 Å². The number of hydrogen-bond acceptors (Lipinski definition) is 3. The third-order valence-corrected chi connectivity index (χ3v) is 3.89. The Morgan fingerprint density at radius 3 is 2.45 bits per heavy atom. The van der Waals surface area contributed by atoms with Crippen molar-refractivity contribution in [3.8, 4) is 0 Å². The van der Waals surface area contributed by atoms with Crippen LogP contribution in [0.1, 0.15) is 24.8 Å². The number of hydrogen-bond donors (Lipinski definition) is 3. The zero-order chi connectivity index (χ0) is 14.6. The predicted octanol–water partition coefficient (Wildman–Crippen LogP) is 0.927. The Hall–Kier alpha value is -1.88. The lowest BCUT2D eigenvalue weighted by Gasteiger charge is -2.18. The number of aryl methyl sites for hydroxylation is 1. The second-order valence-electron chi connectivity index (χ2n) is 5.37. The van der Waals surface area contributed by atoms with Gasteiger partial charge >= 0.3 is 5.97 Å². The molecule has 0 radical (unpaired) electrons. The number of nitrogens with one attached hydrogen (secondary N) is 1. The van der Waals surface area contributed by atoms with Gasteiger partial charge in [0.1, 0.15) is 6.04 Å². The zero-order valence-electron chi connectivity index (χ0n) is 11.3. The third-order valence-electron chi connectivity index (χ3n) is 3.89. The summed E-state index contributed by atoms with van der Waals surface area (Å²) in [6.45, 7) is 0.282. The average molecular weight is 276 g/mol. The number of carboxylic acids is 1. The molecule has 1 unspecified atom stereocenters. The molecule has 0 heterocycles. The number of carboxylic acid groups (broad SMARTS) is 1. The lowest BCUT2D eigenvalue weighted by molar-refractivity contribution is -0.142. The highest BCUT2D eigenvalue weighted by Crippen LogP contribution is 2.44. The van der Waals surface area contributed by atoms with Crippen molar-refractivity contribution in [1.29, 1.82) is 0 Å². The van der Waals surface area contributed by atoms with E-state index in [2.05, 4.69) is 5.32 Å². The molecule has 1 aliphatic carbocycles. The minimum atomic E-state index is -0.998. The molecule has 5 nitrogen and oxygen atoms in total. The molecule has 108 valence electrons. The molecule has 1 fully saturated rings. The summed E-state index contributed by atoms with van der Waals surface area (Å²) in [5.41, 5.74) is 6.13. The predicted molar refractivity (Wildman–Crippen MR) is 75.1 cm³/mol. The van der Waals surface area contributed by atoms with Crippen LogP contribution < -0.4 is 11.1 Å². The number of aliphatic carboxylic acids is 1. The van der Waals surface area contributed by atoms with Crippen LogP contribution in [0.2, 0.25) is 0 Å². The molecule has 1 amide bonds. The average Bonchev–Trinajstić information content (AvgIpc) is 3.25. The van der Waals surface area contributed by atoms with E-state index in [1.54, 1.807) is 0 Å².